The van der Waals surface area contributed by atoms with Crippen molar-refractivity contribution in [1.29, 1.82) is 0 Å². The van der Waals surface area contributed by atoms with Crippen molar-refractivity contribution < 1.29 is 9.53 Å². The van der Waals surface area contributed by atoms with Crippen LogP contribution in [-0.4, -0.2) is 43.5 Å². The van der Waals surface area contributed by atoms with E-state index in [-0.39, 0.29) is 5.56 Å². The first kappa shape index (κ1) is 17.7. The van der Waals surface area contributed by atoms with E-state index in [1.165, 1.54) is 7.11 Å². The lowest BCUT2D eigenvalue weighted by Gasteiger charge is -2.27. The van der Waals surface area contributed by atoms with Crippen LogP contribution in [0.3, 0.4) is 0 Å². The number of hydrogen-bond acceptors (Lipinski definition) is 8. The summed E-state index contributed by atoms with van der Waals surface area (Å²) in [7, 11) is 1.33. The van der Waals surface area contributed by atoms with Gasteiger partial charge in [-0.3, -0.25) is 4.79 Å². The number of ether oxygens (including phenoxy) is 1. The van der Waals surface area contributed by atoms with E-state index < -0.39 is 12.0 Å². The quantitative estimate of drug-likeness (QED) is 0.439. The molecule has 1 aliphatic rings. The van der Waals surface area contributed by atoms with E-state index >= 15 is 0 Å². The van der Waals surface area contributed by atoms with Gasteiger partial charge in [0.1, 0.15) is 11.7 Å². The Morgan fingerprint density at radius 2 is 1.87 bits per heavy atom. The Bertz CT molecular complexity index is 1300. The number of anilines is 2. The largest absolute Gasteiger partial charge is 0.465 e. The van der Waals surface area contributed by atoms with Gasteiger partial charge in [0.05, 0.1) is 18.4 Å². The number of nitrogens with zero attached hydrogens (tertiary/aromatic N) is 5. The van der Waals surface area contributed by atoms with Gasteiger partial charge in [0.25, 0.3) is 5.56 Å². The predicted molar refractivity (Wildman–Crippen MR) is 106 cm³/mol. The third-order valence-electron chi connectivity index (χ3n) is 4.96. The molecular formula is C20H15N7O3. The second-order valence-electron chi connectivity index (χ2n) is 6.64. The average Bonchev–Trinajstić information content (AvgIpc) is 3.27. The molecule has 2 N–H and O–H groups in total. The number of tetrazole rings is 1. The Kier molecular flexibility index (Phi) is 4.09. The van der Waals surface area contributed by atoms with Crippen LogP contribution in [0.15, 0.2) is 59.4 Å². The maximum atomic E-state index is 12.6. The molecule has 4 aromatic rings. The van der Waals surface area contributed by atoms with Crippen molar-refractivity contribution in [2.75, 3.05) is 12.4 Å². The molecule has 3 heterocycles. The third-order valence-corrected chi connectivity index (χ3v) is 4.96. The van der Waals surface area contributed by atoms with Gasteiger partial charge >= 0.3 is 5.97 Å². The molecule has 0 radical (unpaired) electrons. The number of rotatable bonds is 3. The average molecular weight is 401 g/mol. The van der Waals surface area contributed by atoms with E-state index in [0.29, 0.717) is 28.5 Å². The molecule has 10 nitrogen and oxygen atoms in total. The van der Waals surface area contributed by atoms with Gasteiger partial charge in [-0.25, -0.2) is 9.89 Å². The van der Waals surface area contributed by atoms with E-state index in [9.17, 15) is 9.59 Å². The Balaban J connectivity index is 1.75. The normalized spacial score (nSPS) is 14.4. The molecule has 0 bridgehead atoms. The van der Waals surface area contributed by atoms with Crippen molar-refractivity contribution in [2.45, 2.75) is 6.04 Å². The molecule has 0 saturated carbocycles. The molecule has 0 amide bonds. The number of aromatic amines is 1. The summed E-state index contributed by atoms with van der Waals surface area (Å²) in [5, 5.41) is 21.7. The van der Waals surface area contributed by atoms with Crippen molar-refractivity contribution in [2.24, 2.45) is 0 Å². The summed E-state index contributed by atoms with van der Waals surface area (Å²) in [5.74, 6) is -0.0984. The molecule has 0 spiro atoms. The lowest BCUT2D eigenvalue weighted by atomic mass is 9.92. The van der Waals surface area contributed by atoms with Gasteiger partial charge in [-0.1, -0.05) is 47.6 Å². The number of nitrogens with one attached hydrogen (secondary N) is 2. The third kappa shape index (κ3) is 2.73. The molecule has 1 aliphatic heterocycles. The highest BCUT2D eigenvalue weighted by molar-refractivity contribution is 5.89. The summed E-state index contributed by atoms with van der Waals surface area (Å²) in [5.41, 5.74) is 3.21. The summed E-state index contributed by atoms with van der Waals surface area (Å²) in [4.78, 5) is 24.4. The molecule has 2 aromatic heterocycles. The Hall–Kier alpha value is -4.34. The number of methoxy groups -OCH3 is 1. The Labute approximate surface area is 169 Å². The lowest BCUT2D eigenvalue weighted by molar-refractivity contribution is 0.0600. The molecule has 0 aliphatic carbocycles. The monoisotopic (exact) mass is 401 g/mol. The topological polar surface area (TPSA) is 128 Å². The highest BCUT2D eigenvalue weighted by Crippen LogP contribution is 2.40. The zero-order valence-electron chi connectivity index (χ0n) is 15.7. The maximum Gasteiger partial charge on any atom is 0.337 e. The first-order valence-electron chi connectivity index (χ1n) is 9.08. The summed E-state index contributed by atoms with van der Waals surface area (Å²) in [6.07, 6.45) is 0. The van der Waals surface area contributed by atoms with Crippen LogP contribution in [0.4, 0.5) is 11.6 Å². The van der Waals surface area contributed by atoms with Gasteiger partial charge in [-0.15, -0.1) is 0 Å². The summed E-state index contributed by atoms with van der Waals surface area (Å²) in [6.45, 7) is 0. The van der Waals surface area contributed by atoms with Crippen molar-refractivity contribution in [3.8, 4) is 11.3 Å². The fraction of sp³-hybridized carbons (Fsp3) is 0.100. The SMILES string of the molecule is COC(=O)c1ccc([C@@H]2c3c(-c4ccccc4)n[nH]c(=O)c3Nc3nnnn32)cc1. The second-order valence-corrected chi connectivity index (χ2v) is 6.64. The Morgan fingerprint density at radius 3 is 2.60 bits per heavy atom. The first-order chi connectivity index (χ1) is 14.7. The highest BCUT2D eigenvalue weighted by Gasteiger charge is 2.34. The van der Waals surface area contributed by atoms with E-state index in [1.807, 2.05) is 30.3 Å². The van der Waals surface area contributed by atoms with Crippen LogP contribution in [0.1, 0.15) is 27.5 Å². The molecule has 0 fully saturated rings. The fourth-order valence-corrected chi connectivity index (χ4v) is 3.58. The van der Waals surface area contributed by atoms with Gasteiger partial charge in [0.15, 0.2) is 0 Å². The van der Waals surface area contributed by atoms with Crippen molar-refractivity contribution in [3.63, 3.8) is 0 Å². The summed E-state index contributed by atoms with van der Waals surface area (Å²) >= 11 is 0. The molecule has 0 saturated heterocycles. The van der Waals surface area contributed by atoms with E-state index in [2.05, 4.69) is 31.0 Å². The van der Waals surface area contributed by atoms with Gasteiger partial charge in [-0.2, -0.15) is 9.78 Å². The first-order valence-corrected chi connectivity index (χ1v) is 9.08. The van der Waals surface area contributed by atoms with Crippen LogP contribution in [0.25, 0.3) is 11.3 Å². The zero-order valence-corrected chi connectivity index (χ0v) is 15.7. The zero-order chi connectivity index (χ0) is 20.7. The van der Waals surface area contributed by atoms with E-state index in [0.717, 1.165) is 11.1 Å². The van der Waals surface area contributed by atoms with Crippen LogP contribution >= 0.6 is 0 Å². The molecule has 10 heteroatoms. The minimum atomic E-state index is -0.525. The number of hydrogen-bond donors (Lipinski definition) is 2. The van der Waals surface area contributed by atoms with Crippen LogP contribution in [0.2, 0.25) is 0 Å². The summed E-state index contributed by atoms with van der Waals surface area (Å²) in [6, 6.07) is 15.9. The molecule has 0 unspecified atom stereocenters. The van der Waals surface area contributed by atoms with Crippen molar-refractivity contribution in [1.82, 2.24) is 30.4 Å². The second kappa shape index (κ2) is 6.92. The van der Waals surface area contributed by atoms with Gasteiger partial charge < -0.3 is 10.1 Å². The maximum absolute atomic E-state index is 12.6. The van der Waals surface area contributed by atoms with Crippen LogP contribution in [0, 0.1) is 0 Å². The standard InChI is InChI=1S/C20H15N7O3/c1-30-19(29)13-9-7-12(8-10-13)17-14-15(11-5-3-2-4-6-11)22-23-18(28)16(14)21-20-24-25-26-27(17)20/h2-10,17H,1H3,(H,23,28)(H,21,24,26)/t17-/m1/s1. The van der Waals surface area contributed by atoms with Crippen LogP contribution in [0.5, 0.6) is 0 Å². The number of aromatic nitrogens is 6. The van der Waals surface area contributed by atoms with Gasteiger partial charge in [0, 0.05) is 11.1 Å². The van der Waals surface area contributed by atoms with Crippen molar-refractivity contribution in [3.05, 3.63) is 81.6 Å². The number of H-pyrrole nitrogens is 1. The molecule has 30 heavy (non-hydrogen) atoms. The number of carbonyl (C=O) groups excluding carboxylic acids is 1. The molecular weight excluding hydrogens is 386 g/mol. The van der Waals surface area contributed by atoms with Crippen LogP contribution < -0.4 is 10.9 Å². The molecule has 5 rings (SSSR count). The number of esters is 1. The molecule has 1 atom stereocenters. The molecule has 148 valence electrons. The number of benzene rings is 2. The minimum Gasteiger partial charge on any atom is -0.465 e. The molecule has 2 aromatic carbocycles. The van der Waals surface area contributed by atoms with Crippen LogP contribution in [-0.2, 0) is 4.74 Å². The van der Waals surface area contributed by atoms with E-state index in [1.54, 1.807) is 28.9 Å². The highest BCUT2D eigenvalue weighted by atomic mass is 16.5. The number of fused-ring (bicyclic) bond motifs is 2. The smallest absolute Gasteiger partial charge is 0.337 e. The minimum absolute atomic E-state index is 0.327. The van der Waals surface area contributed by atoms with Gasteiger partial charge in [-0.05, 0) is 28.1 Å². The van der Waals surface area contributed by atoms with Crippen molar-refractivity contribution >= 4 is 17.6 Å². The fourth-order valence-electron chi connectivity index (χ4n) is 3.58. The van der Waals surface area contributed by atoms with Gasteiger partial charge in [0.2, 0.25) is 5.95 Å². The lowest BCUT2D eigenvalue weighted by Crippen LogP contribution is -2.29. The summed E-state index contributed by atoms with van der Waals surface area (Å²) < 4.78 is 6.36. The van der Waals surface area contributed by atoms with E-state index in [4.69, 9.17) is 4.74 Å². The Morgan fingerprint density at radius 1 is 1.10 bits per heavy atom. The predicted octanol–water partition coefficient (Wildman–Crippen LogP) is 1.90. The number of carbonyl (C=O) groups is 1.